The van der Waals surface area contributed by atoms with Crippen molar-refractivity contribution < 1.29 is 9.18 Å². The first-order chi connectivity index (χ1) is 8.25. The molecule has 0 amide bonds. The molecule has 0 heterocycles. The molecule has 0 spiro atoms. The molecule has 0 bridgehead atoms. The molecule has 0 aromatic heterocycles. The van der Waals surface area contributed by atoms with Crippen LogP contribution >= 0.6 is 0 Å². The number of ketones is 1. The molecule has 17 heavy (non-hydrogen) atoms. The predicted octanol–water partition coefficient (Wildman–Crippen LogP) is 3.72. The van der Waals surface area contributed by atoms with Crippen LogP contribution < -0.4 is 0 Å². The Morgan fingerprint density at radius 2 is 1.59 bits per heavy atom. The van der Waals surface area contributed by atoms with Crippen LogP contribution in [0.1, 0.15) is 15.9 Å². The highest BCUT2D eigenvalue weighted by Crippen LogP contribution is 2.07. The third-order valence-electron chi connectivity index (χ3n) is 2.36. The van der Waals surface area contributed by atoms with Crippen molar-refractivity contribution in [3.8, 4) is 0 Å². The topological polar surface area (TPSA) is 17.1 Å². The minimum absolute atomic E-state index is 0.0603. The maximum atomic E-state index is 12.7. The molecule has 0 saturated carbocycles. The number of benzene rings is 2. The highest BCUT2D eigenvalue weighted by atomic mass is 19.1. The maximum absolute atomic E-state index is 12.7. The molecule has 0 fully saturated rings. The molecule has 0 saturated heterocycles. The lowest BCUT2D eigenvalue weighted by Gasteiger charge is -1.95. The third-order valence-corrected chi connectivity index (χ3v) is 2.36. The standard InChI is InChI=1S/C15H11FO/c16-14-9-6-12(7-10-14)8-11-15(17)13-4-2-1-3-5-13/h1-11H/b11-8-. The molecule has 0 aliphatic heterocycles. The van der Waals surface area contributed by atoms with Gasteiger partial charge in [0.05, 0.1) is 0 Å². The van der Waals surface area contributed by atoms with E-state index in [1.54, 1.807) is 30.3 Å². The van der Waals surface area contributed by atoms with Crippen molar-refractivity contribution in [3.05, 3.63) is 77.6 Å². The summed E-state index contributed by atoms with van der Waals surface area (Å²) >= 11 is 0. The van der Waals surface area contributed by atoms with E-state index in [2.05, 4.69) is 0 Å². The second-order valence-corrected chi connectivity index (χ2v) is 3.62. The van der Waals surface area contributed by atoms with Gasteiger partial charge in [0, 0.05) is 5.56 Å². The maximum Gasteiger partial charge on any atom is 0.185 e. The van der Waals surface area contributed by atoms with Gasteiger partial charge < -0.3 is 0 Å². The minimum Gasteiger partial charge on any atom is -0.289 e. The molecule has 2 aromatic rings. The number of hydrogen-bond acceptors (Lipinski definition) is 1. The smallest absolute Gasteiger partial charge is 0.185 e. The van der Waals surface area contributed by atoms with Gasteiger partial charge in [-0.3, -0.25) is 4.79 Å². The highest BCUT2D eigenvalue weighted by molar-refractivity contribution is 6.06. The first-order valence-corrected chi connectivity index (χ1v) is 5.29. The zero-order chi connectivity index (χ0) is 12.1. The molecule has 1 nitrogen and oxygen atoms in total. The van der Waals surface area contributed by atoms with Crippen LogP contribution in [-0.2, 0) is 0 Å². The molecule has 0 N–H and O–H groups in total. The third kappa shape index (κ3) is 3.11. The predicted molar refractivity (Wildman–Crippen MR) is 66.2 cm³/mol. The van der Waals surface area contributed by atoms with Crippen LogP contribution in [0, 0.1) is 5.82 Å². The fourth-order valence-electron chi connectivity index (χ4n) is 1.44. The van der Waals surface area contributed by atoms with Gasteiger partial charge in [0.1, 0.15) is 5.82 Å². The summed E-state index contributed by atoms with van der Waals surface area (Å²) in [6.07, 6.45) is 3.16. The summed E-state index contributed by atoms with van der Waals surface area (Å²) in [6.45, 7) is 0. The van der Waals surface area contributed by atoms with E-state index >= 15 is 0 Å². The van der Waals surface area contributed by atoms with Gasteiger partial charge >= 0.3 is 0 Å². The average molecular weight is 226 g/mol. The molecule has 0 aliphatic rings. The fraction of sp³-hybridized carbons (Fsp3) is 0. The number of hydrogen-bond donors (Lipinski definition) is 0. The number of allylic oxidation sites excluding steroid dienone is 1. The zero-order valence-corrected chi connectivity index (χ0v) is 9.14. The van der Waals surface area contributed by atoms with E-state index in [-0.39, 0.29) is 11.6 Å². The van der Waals surface area contributed by atoms with Crippen molar-refractivity contribution in [1.29, 1.82) is 0 Å². The average Bonchev–Trinajstić information content (AvgIpc) is 2.39. The molecule has 0 unspecified atom stereocenters. The minimum atomic E-state index is -0.281. The lowest BCUT2D eigenvalue weighted by molar-refractivity contribution is 0.104. The molecule has 84 valence electrons. The van der Waals surface area contributed by atoms with Gasteiger partial charge in [0.15, 0.2) is 5.78 Å². The van der Waals surface area contributed by atoms with Gasteiger partial charge in [-0.2, -0.15) is 0 Å². The number of carbonyl (C=O) groups is 1. The van der Waals surface area contributed by atoms with E-state index in [1.165, 1.54) is 18.2 Å². The molecular weight excluding hydrogens is 215 g/mol. The summed E-state index contributed by atoms with van der Waals surface area (Å²) in [4.78, 5) is 11.7. The van der Waals surface area contributed by atoms with Crippen LogP contribution in [0.15, 0.2) is 60.7 Å². The van der Waals surface area contributed by atoms with Gasteiger partial charge in [-0.1, -0.05) is 48.5 Å². The second-order valence-electron chi connectivity index (χ2n) is 3.62. The van der Waals surface area contributed by atoms with Crippen molar-refractivity contribution in [3.63, 3.8) is 0 Å². The van der Waals surface area contributed by atoms with E-state index in [4.69, 9.17) is 0 Å². The Morgan fingerprint density at radius 1 is 0.941 bits per heavy atom. The van der Waals surface area contributed by atoms with E-state index in [0.717, 1.165) is 5.56 Å². The fourth-order valence-corrected chi connectivity index (χ4v) is 1.44. The quantitative estimate of drug-likeness (QED) is 0.575. The van der Waals surface area contributed by atoms with Crippen LogP contribution in [0.4, 0.5) is 4.39 Å². The Hall–Kier alpha value is -2.22. The molecule has 2 aromatic carbocycles. The van der Waals surface area contributed by atoms with Gasteiger partial charge in [-0.25, -0.2) is 4.39 Å². The first kappa shape index (κ1) is 11.3. The number of carbonyl (C=O) groups excluding carboxylic acids is 1. The monoisotopic (exact) mass is 226 g/mol. The summed E-state index contributed by atoms with van der Waals surface area (Å²) in [5.41, 5.74) is 1.45. The van der Waals surface area contributed by atoms with E-state index in [9.17, 15) is 9.18 Å². The molecular formula is C15H11FO. The van der Waals surface area contributed by atoms with Crippen molar-refractivity contribution in [2.75, 3.05) is 0 Å². The van der Waals surface area contributed by atoms with Crippen LogP contribution in [-0.4, -0.2) is 5.78 Å². The Kier molecular flexibility index (Phi) is 3.46. The molecule has 2 rings (SSSR count). The highest BCUT2D eigenvalue weighted by Gasteiger charge is 1.99. The van der Waals surface area contributed by atoms with Crippen molar-refractivity contribution in [2.45, 2.75) is 0 Å². The lowest BCUT2D eigenvalue weighted by Crippen LogP contribution is -1.92. The molecule has 0 aliphatic carbocycles. The molecule has 0 radical (unpaired) electrons. The summed E-state index contributed by atoms with van der Waals surface area (Å²) < 4.78 is 12.7. The Balaban J connectivity index is 2.11. The Bertz CT molecular complexity index is 527. The SMILES string of the molecule is O=C(/C=C\c1ccc(F)cc1)c1ccccc1. The molecule has 0 atom stereocenters. The van der Waals surface area contributed by atoms with Crippen molar-refractivity contribution >= 4 is 11.9 Å². The number of halogens is 1. The van der Waals surface area contributed by atoms with E-state index < -0.39 is 0 Å². The van der Waals surface area contributed by atoms with E-state index in [0.29, 0.717) is 5.56 Å². The lowest BCUT2D eigenvalue weighted by atomic mass is 10.1. The van der Waals surface area contributed by atoms with Crippen LogP contribution in [0.3, 0.4) is 0 Å². The van der Waals surface area contributed by atoms with Crippen LogP contribution in [0.25, 0.3) is 6.08 Å². The number of rotatable bonds is 3. The van der Waals surface area contributed by atoms with Gasteiger partial charge in [0.2, 0.25) is 0 Å². The normalized spacial score (nSPS) is 10.6. The molecule has 2 heteroatoms. The van der Waals surface area contributed by atoms with Crippen LogP contribution in [0.5, 0.6) is 0 Å². The van der Waals surface area contributed by atoms with E-state index in [1.807, 2.05) is 18.2 Å². The zero-order valence-electron chi connectivity index (χ0n) is 9.14. The Morgan fingerprint density at radius 3 is 2.24 bits per heavy atom. The van der Waals surface area contributed by atoms with Crippen molar-refractivity contribution in [1.82, 2.24) is 0 Å². The summed E-state index contributed by atoms with van der Waals surface area (Å²) in [5, 5.41) is 0. The Labute approximate surface area is 99.2 Å². The second kappa shape index (κ2) is 5.21. The van der Waals surface area contributed by atoms with Crippen LogP contribution in [0.2, 0.25) is 0 Å². The summed E-state index contributed by atoms with van der Waals surface area (Å²) in [6, 6.07) is 15.0. The van der Waals surface area contributed by atoms with Gasteiger partial charge in [0.25, 0.3) is 0 Å². The van der Waals surface area contributed by atoms with Gasteiger partial charge in [-0.05, 0) is 23.8 Å². The first-order valence-electron chi connectivity index (χ1n) is 5.29. The van der Waals surface area contributed by atoms with Crippen molar-refractivity contribution in [2.24, 2.45) is 0 Å². The van der Waals surface area contributed by atoms with Gasteiger partial charge in [-0.15, -0.1) is 0 Å². The summed E-state index contributed by atoms with van der Waals surface area (Å²) in [7, 11) is 0. The summed E-state index contributed by atoms with van der Waals surface area (Å²) in [5.74, 6) is -0.341. The largest absolute Gasteiger partial charge is 0.289 e.